The van der Waals surface area contributed by atoms with Crippen LogP contribution in [-0.4, -0.2) is 44.2 Å². The topological polar surface area (TPSA) is 64.8 Å². The minimum Gasteiger partial charge on any atom is -0.497 e. The van der Waals surface area contributed by atoms with Gasteiger partial charge in [-0.3, -0.25) is 4.79 Å². The van der Waals surface area contributed by atoms with E-state index in [1.807, 2.05) is 11.8 Å². The molecule has 0 aliphatic carbocycles. The number of carbonyl (C=O) groups excluding carboxylic acids is 1. The van der Waals surface area contributed by atoms with E-state index in [1.54, 1.807) is 25.3 Å². The smallest absolute Gasteiger partial charge is 0.255 e. The Kier molecular flexibility index (Phi) is 4.84. The Morgan fingerprint density at radius 3 is 2.90 bits per heavy atom. The maximum atomic E-state index is 12.5. The highest BCUT2D eigenvalue weighted by molar-refractivity contribution is 5.99. The van der Waals surface area contributed by atoms with Crippen molar-refractivity contribution in [1.29, 1.82) is 0 Å². The van der Waals surface area contributed by atoms with E-state index < -0.39 is 0 Å². The first kappa shape index (κ1) is 14.7. The lowest BCUT2D eigenvalue weighted by atomic mass is 10.1. The highest BCUT2D eigenvalue weighted by Crippen LogP contribution is 2.22. The van der Waals surface area contributed by atoms with Crippen molar-refractivity contribution in [3.8, 4) is 5.75 Å². The molecule has 1 aromatic rings. The lowest BCUT2D eigenvalue weighted by Gasteiger charge is -2.24. The van der Waals surface area contributed by atoms with Crippen LogP contribution in [-0.2, 0) is 4.74 Å². The number of anilines is 1. The first-order chi connectivity index (χ1) is 9.65. The number of nitrogen functional groups attached to an aromatic ring is 1. The van der Waals surface area contributed by atoms with Gasteiger partial charge in [-0.2, -0.15) is 0 Å². The molecule has 1 fully saturated rings. The largest absolute Gasteiger partial charge is 0.497 e. The van der Waals surface area contributed by atoms with Gasteiger partial charge in [0.15, 0.2) is 0 Å². The van der Waals surface area contributed by atoms with Crippen LogP contribution in [0.25, 0.3) is 0 Å². The first-order valence-corrected chi connectivity index (χ1v) is 6.96. The molecule has 0 spiro atoms. The predicted octanol–water partition coefficient (Wildman–Crippen LogP) is 1.78. The summed E-state index contributed by atoms with van der Waals surface area (Å²) in [5, 5.41) is 0. The van der Waals surface area contributed by atoms with Gasteiger partial charge in [0.05, 0.1) is 19.3 Å². The Morgan fingerprint density at radius 1 is 1.55 bits per heavy atom. The highest BCUT2D eigenvalue weighted by Gasteiger charge is 2.23. The van der Waals surface area contributed by atoms with Crippen molar-refractivity contribution >= 4 is 11.6 Å². The van der Waals surface area contributed by atoms with E-state index in [2.05, 4.69) is 0 Å². The Balaban J connectivity index is 2.11. The Labute approximate surface area is 119 Å². The molecular formula is C15H22N2O3. The minimum absolute atomic E-state index is 0.0282. The van der Waals surface area contributed by atoms with Crippen molar-refractivity contribution in [2.75, 3.05) is 39.1 Å². The van der Waals surface area contributed by atoms with Crippen molar-refractivity contribution < 1.29 is 14.3 Å². The van der Waals surface area contributed by atoms with Gasteiger partial charge < -0.3 is 20.1 Å². The monoisotopic (exact) mass is 278 g/mol. The summed E-state index contributed by atoms with van der Waals surface area (Å²) in [5.41, 5.74) is 6.93. The van der Waals surface area contributed by atoms with E-state index in [9.17, 15) is 4.79 Å². The number of benzene rings is 1. The Hall–Kier alpha value is -1.75. The summed E-state index contributed by atoms with van der Waals surface area (Å²) in [6.07, 6.45) is 1.02. The number of ether oxygens (including phenoxy) is 2. The van der Waals surface area contributed by atoms with E-state index in [0.717, 1.165) is 26.2 Å². The summed E-state index contributed by atoms with van der Waals surface area (Å²) in [7, 11) is 1.58. The quantitative estimate of drug-likeness (QED) is 0.834. The summed E-state index contributed by atoms with van der Waals surface area (Å²) < 4.78 is 10.5. The average molecular weight is 278 g/mol. The third-order valence-corrected chi connectivity index (χ3v) is 3.66. The van der Waals surface area contributed by atoms with Crippen LogP contribution in [0.5, 0.6) is 5.75 Å². The summed E-state index contributed by atoms with van der Waals surface area (Å²) in [6, 6.07) is 5.17. The second-order valence-electron chi connectivity index (χ2n) is 5.03. The summed E-state index contributed by atoms with van der Waals surface area (Å²) in [4.78, 5) is 14.4. The van der Waals surface area contributed by atoms with Crippen LogP contribution in [0.4, 0.5) is 5.69 Å². The molecule has 1 aromatic carbocycles. The molecule has 1 aliphatic rings. The van der Waals surface area contributed by atoms with Crippen LogP contribution < -0.4 is 10.5 Å². The third-order valence-electron chi connectivity index (χ3n) is 3.66. The molecular weight excluding hydrogens is 256 g/mol. The van der Waals surface area contributed by atoms with Crippen molar-refractivity contribution in [2.24, 2.45) is 5.92 Å². The number of carbonyl (C=O) groups is 1. The molecule has 5 heteroatoms. The summed E-state index contributed by atoms with van der Waals surface area (Å²) in [6.45, 7) is 4.90. The standard InChI is InChI=1S/C15H22N2O3/c1-3-17(9-11-6-7-20-10-11)15(18)13-5-4-12(19-2)8-14(13)16/h4-5,8,11H,3,6-7,9-10,16H2,1-2H3. The zero-order chi connectivity index (χ0) is 14.5. The van der Waals surface area contributed by atoms with Gasteiger partial charge in [-0.15, -0.1) is 0 Å². The van der Waals surface area contributed by atoms with Gasteiger partial charge in [0, 0.05) is 37.4 Å². The summed E-state index contributed by atoms with van der Waals surface area (Å²) in [5.74, 6) is 1.06. The second kappa shape index (κ2) is 6.61. The van der Waals surface area contributed by atoms with Crippen LogP contribution >= 0.6 is 0 Å². The molecule has 20 heavy (non-hydrogen) atoms. The van der Waals surface area contributed by atoms with E-state index in [-0.39, 0.29) is 5.91 Å². The SMILES string of the molecule is CCN(CC1CCOC1)C(=O)c1ccc(OC)cc1N. The zero-order valence-corrected chi connectivity index (χ0v) is 12.1. The normalized spacial score (nSPS) is 18.0. The molecule has 1 aliphatic heterocycles. The molecule has 2 rings (SSSR count). The molecule has 5 nitrogen and oxygen atoms in total. The van der Waals surface area contributed by atoms with Gasteiger partial charge in [-0.05, 0) is 25.5 Å². The predicted molar refractivity (Wildman–Crippen MR) is 77.9 cm³/mol. The molecule has 1 unspecified atom stereocenters. The van der Waals surface area contributed by atoms with E-state index in [0.29, 0.717) is 29.5 Å². The second-order valence-corrected chi connectivity index (χ2v) is 5.03. The molecule has 1 heterocycles. The third kappa shape index (κ3) is 3.22. The molecule has 0 bridgehead atoms. The number of amides is 1. The molecule has 110 valence electrons. The molecule has 1 amide bonds. The number of hydrogen-bond donors (Lipinski definition) is 1. The van der Waals surface area contributed by atoms with E-state index in [1.165, 1.54) is 0 Å². The van der Waals surface area contributed by atoms with E-state index >= 15 is 0 Å². The lowest BCUT2D eigenvalue weighted by Crippen LogP contribution is -2.35. The van der Waals surface area contributed by atoms with Crippen LogP contribution in [0.3, 0.4) is 0 Å². The molecule has 0 aromatic heterocycles. The average Bonchev–Trinajstić information content (AvgIpc) is 2.96. The van der Waals surface area contributed by atoms with Crippen LogP contribution in [0.15, 0.2) is 18.2 Å². The molecule has 2 N–H and O–H groups in total. The fourth-order valence-electron chi connectivity index (χ4n) is 2.43. The number of methoxy groups -OCH3 is 1. The maximum Gasteiger partial charge on any atom is 0.255 e. The fraction of sp³-hybridized carbons (Fsp3) is 0.533. The minimum atomic E-state index is -0.0282. The zero-order valence-electron chi connectivity index (χ0n) is 12.1. The number of nitrogens with zero attached hydrogens (tertiary/aromatic N) is 1. The Morgan fingerprint density at radius 2 is 2.35 bits per heavy atom. The molecule has 0 radical (unpaired) electrons. The molecule has 1 atom stereocenters. The van der Waals surface area contributed by atoms with E-state index in [4.69, 9.17) is 15.2 Å². The molecule has 1 saturated heterocycles. The van der Waals surface area contributed by atoms with Gasteiger partial charge in [0.25, 0.3) is 5.91 Å². The number of rotatable bonds is 5. The highest BCUT2D eigenvalue weighted by atomic mass is 16.5. The maximum absolute atomic E-state index is 12.5. The van der Waals surface area contributed by atoms with Crippen LogP contribution in [0.1, 0.15) is 23.7 Å². The lowest BCUT2D eigenvalue weighted by molar-refractivity contribution is 0.0732. The van der Waals surface area contributed by atoms with Gasteiger partial charge in [-0.25, -0.2) is 0 Å². The van der Waals surface area contributed by atoms with Gasteiger partial charge in [0.2, 0.25) is 0 Å². The number of nitrogens with two attached hydrogens (primary N) is 1. The van der Waals surface area contributed by atoms with Crippen molar-refractivity contribution in [2.45, 2.75) is 13.3 Å². The number of hydrogen-bond acceptors (Lipinski definition) is 4. The van der Waals surface area contributed by atoms with Crippen LogP contribution in [0.2, 0.25) is 0 Å². The first-order valence-electron chi connectivity index (χ1n) is 6.96. The van der Waals surface area contributed by atoms with Crippen LogP contribution in [0, 0.1) is 5.92 Å². The van der Waals surface area contributed by atoms with Crippen molar-refractivity contribution in [1.82, 2.24) is 4.90 Å². The fourth-order valence-corrected chi connectivity index (χ4v) is 2.43. The van der Waals surface area contributed by atoms with Crippen molar-refractivity contribution in [3.63, 3.8) is 0 Å². The van der Waals surface area contributed by atoms with Gasteiger partial charge >= 0.3 is 0 Å². The van der Waals surface area contributed by atoms with Gasteiger partial charge in [0.1, 0.15) is 5.75 Å². The summed E-state index contributed by atoms with van der Waals surface area (Å²) >= 11 is 0. The Bertz CT molecular complexity index is 470. The van der Waals surface area contributed by atoms with Crippen molar-refractivity contribution in [3.05, 3.63) is 23.8 Å². The van der Waals surface area contributed by atoms with Gasteiger partial charge in [-0.1, -0.05) is 0 Å². The molecule has 0 saturated carbocycles.